The van der Waals surface area contributed by atoms with Crippen molar-refractivity contribution in [3.05, 3.63) is 51.3 Å². The molecule has 2 heterocycles. The lowest BCUT2D eigenvalue weighted by molar-refractivity contribution is -0.118. The Hall–Kier alpha value is -3.71. The van der Waals surface area contributed by atoms with Crippen LogP contribution in [0, 0.1) is 11.3 Å². The number of halogens is 1. The Morgan fingerprint density at radius 3 is 2.87 bits per heavy atom. The van der Waals surface area contributed by atoms with Crippen molar-refractivity contribution in [3.63, 3.8) is 0 Å². The molecule has 31 heavy (non-hydrogen) atoms. The molecule has 0 radical (unpaired) electrons. The lowest BCUT2D eigenvalue weighted by atomic mass is 10.2. The summed E-state index contributed by atoms with van der Waals surface area (Å²) in [6, 6.07) is 6.55. The molecular formula is C20H21ClN8O2. The van der Waals surface area contributed by atoms with Gasteiger partial charge in [0.05, 0.1) is 22.0 Å². The lowest BCUT2D eigenvalue weighted by Crippen LogP contribution is -2.30. The number of anilines is 2. The number of carbonyl (C=O) groups excluding carboxylic acids is 1. The van der Waals surface area contributed by atoms with E-state index in [9.17, 15) is 14.9 Å². The summed E-state index contributed by atoms with van der Waals surface area (Å²) < 4.78 is 1.52. The zero-order valence-corrected chi connectivity index (χ0v) is 17.8. The predicted molar refractivity (Wildman–Crippen MR) is 118 cm³/mol. The van der Waals surface area contributed by atoms with E-state index >= 15 is 0 Å². The number of hydrogen-bond donors (Lipinski definition) is 3. The molecule has 2 aromatic heterocycles. The Morgan fingerprint density at radius 1 is 1.39 bits per heavy atom. The molecule has 0 aliphatic carbocycles. The van der Waals surface area contributed by atoms with Crippen LogP contribution in [0.1, 0.15) is 37.7 Å². The van der Waals surface area contributed by atoms with Crippen molar-refractivity contribution in [2.24, 2.45) is 0 Å². The third-order valence-corrected chi connectivity index (χ3v) is 4.94. The number of hydrogen-bond acceptors (Lipinski definition) is 8. The zero-order valence-electron chi connectivity index (χ0n) is 17.0. The summed E-state index contributed by atoms with van der Waals surface area (Å²) in [5.41, 5.74) is 6.05. The van der Waals surface area contributed by atoms with Gasteiger partial charge in [-0.05, 0) is 25.5 Å². The van der Waals surface area contributed by atoms with E-state index in [0.29, 0.717) is 41.3 Å². The molecule has 0 bridgehead atoms. The normalized spacial score (nSPS) is 11.7. The number of rotatable bonds is 7. The maximum Gasteiger partial charge on any atom is 0.262 e. The quantitative estimate of drug-likeness (QED) is 0.471. The van der Waals surface area contributed by atoms with Crippen LogP contribution in [0.25, 0.3) is 10.9 Å². The van der Waals surface area contributed by atoms with Gasteiger partial charge < -0.3 is 16.4 Å². The largest absolute Gasteiger partial charge is 0.382 e. The molecule has 3 aromatic rings. The first-order chi connectivity index (χ1) is 14.8. The third kappa shape index (κ3) is 4.73. The number of nitriles is 1. The monoisotopic (exact) mass is 440 g/mol. The molecule has 0 fully saturated rings. The maximum atomic E-state index is 13.3. The number of carbonyl (C=O) groups is 1. The topological polar surface area (TPSA) is 152 Å². The summed E-state index contributed by atoms with van der Waals surface area (Å²) in [6.45, 7) is 3.94. The highest BCUT2D eigenvalue weighted by atomic mass is 35.5. The van der Waals surface area contributed by atoms with Gasteiger partial charge in [0.2, 0.25) is 5.91 Å². The van der Waals surface area contributed by atoms with Crippen molar-refractivity contribution < 1.29 is 4.79 Å². The van der Waals surface area contributed by atoms with E-state index in [2.05, 4.69) is 25.6 Å². The third-order valence-electron chi connectivity index (χ3n) is 4.62. The van der Waals surface area contributed by atoms with Crippen LogP contribution in [0.3, 0.4) is 0 Å². The molecule has 160 valence electrons. The van der Waals surface area contributed by atoms with Crippen LogP contribution >= 0.6 is 11.6 Å². The fourth-order valence-corrected chi connectivity index (χ4v) is 3.43. The second-order valence-corrected chi connectivity index (χ2v) is 7.26. The SMILES string of the molecule is CC(=O)NCCCn1c([C@H](C)Nc2ncnc(N)c2C#N)nc2cccc(Cl)c2c1=O. The molecule has 0 saturated carbocycles. The Balaban J connectivity index is 2.04. The number of fused-ring (bicyclic) bond motifs is 1. The van der Waals surface area contributed by atoms with Gasteiger partial charge in [-0.25, -0.2) is 15.0 Å². The van der Waals surface area contributed by atoms with Crippen molar-refractivity contribution in [2.75, 3.05) is 17.6 Å². The highest BCUT2D eigenvalue weighted by molar-refractivity contribution is 6.35. The van der Waals surface area contributed by atoms with E-state index in [1.165, 1.54) is 17.8 Å². The number of amides is 1. The highest BCUT2D eigenvalue weighted by Gasteiger charge is 2.20. The van der Waals surface area contributed by atoms with E-state index < -0.39 is 6.04 Å². The Kier molecular flexibility index (Phi) is 6.67. The molecule has 1 atom stereocenters. The Morgan fingerprint density at radius 2 is 2.16 bits per heavy atom. The van der Waals surface area contributed by atoms with E-state index in [4.69, 9.17) is 17.3 Å². The maximum absolute atomic E-state index is 13.3. The van der Waals surface area contributed by atoms with Crippen molar-refractivity contribution in [3.8, 4) is 6.07 Å². The van der Waals surface area contributed by atoms with E-state index in [0.717, 1.165) is 0 Å². The zero-order chi connectivity index (χ0) is 22.5. The highest BCUT2D eigenvalue weighted by Crippen LogP contribution is 2.24. The smallest absolute Gasteiger partial charge is 0.262 e. The van der Waals surface area contributed by atoms with Crippen LogP contribution in [0.2, 0.25) is 5.02 Å². The molecule has 1 amide bonds. The van der Waals surface area contributed by atoms with Crippen LogP contribution in [-0.2, 0) is 11.3 Å². The summed E-state index contributed by atoms with van der Waals surface area (Å²) >= 11 is 6.26. The minimum Gasteiger partial charge on any atom is -0.382 e. The molecular weight excluding hydrogens is 420 g/mol. The summed E-state index contributed by atoms with van der Waals surface area (Å²) in [5.74, 6) is 0.585. The lowest BCUT2D eigenvalue weighted by Gasteiger charge is -2.20. The van der Waals surface area contributed by atoms with Crippen LogP contribution in [0.4, 0.5) is 11.6 Å². The number of nitrogens with two attached hydrogens (primary N) is 1. The standard InChI is InChI=1S/C20H21ClN8O2/c1-11(27-18-13(9-22)17(23)25-10-26-18)19-28-15-6-3-5-14(21)16(15)20(31)29(19)8-4-7-24-12(2)30/h3,5-6,10-11H,4,7-8H2,1-2H3,(H,24,30)(H3,23,25,26,27)/t11-/m0/s1. The van der Waals surface area contributed by atoms with Crippen molar-refractivity contribution in [1.82, 2.24) is 24.8 Å². The number of nitrogen functional groups attached to an aromatic ring is 1. The van der Waals surface area contributed by atoms with Crippen molar-refractivity contribution in [2.45, 2.75) is 32.9 Å². The minimum atomic E-state index is -0.502. The fourth-order valence-electron chi connectivity index (χ4n) is 3.18. The van der Waals surface area contributed by atoms with Gasteiger partial charge in [-0.15, -0.1) is 0 Å². The first-order valence-corrected chi connectivity index (χ1v) is 9.91. The van der Waals surface area contributed by atoms with Gasteiger partial charge in [0.15, 0.2) is 0 Å². The second kappa shape index (κ2) is 9.40. The molecule has 0 spiro atoms. The Bertz CT molecular complexity index is 1230. The van der Waals surface area contributed by atoms with E-state index in [1.807, 2.05) is 6.07 Å². The van der Waals surface area contributed by atoms with Gasteiger partial charge in [-0.3, -0.25) is 14.2 Å². The molecule has 4 N–H and O–H groups in total. The Labute approximate surface area is 183 Å². The van der Waals surface area contributed by atoms with Gasteiger partial charge in [0.25, 0.3) is 5.56 Å². The number of nitrogens with one attached hydrogen (secondary N) is 2. The first kappa shape index (κ1) is 22.0. The summed E-state index contributed by atoms with van der Waals surface area (Å²) in [6.07, 6.45) is 1.76. The summed E-state index contributed by atoms with van der Waals surface area (Å²) in [5, 5.41) is 15.8. The van der Waals surface area contributed by atoms with Gasteiger partial charge >= 0.3 is 0 Å². The molecule has 11 heteroatoms. The van der Waals surface area contributed by atoms with Crippen LogP contribution in [0.15, 0.2) is 29.3 Å². The van der Waals surface area contributed by atoms with Crippen molar-refractivity contribution in [1.29, 1.82) is 5.26 Å². The fraction of sp³-hybridized carbons (Fsp3) is 0.300. The molecule has 3 rings (SSSR count). The van der Waals surface area contributed by atoms with Gasteiger partial charge in [0, 0.05) is 20.0 Å². The predicted octanol–water partition coefficient (Wildman–Crippen LogP) is 1.99. The van der Waals surface area contributed by atoms with Crippen molar-refractivity contribution >= 4 is 40.0 Å². The molecule has 1 aromatic carbocycles. The average molecular weight is 441 g/mol. The molecule has 0 saturated heterocycles. The van der Waals surface area contributed by atoms with E-state index in [1.54, 1.807) is 25.1 Å². The average Bonchev–Trinajstić information content (AvgIpc) is 2.72. The number of benzene rings is 1. The number of aromatic nitrogens is 4. The van der Waals surface area contributed by atoms with E-state index in [-0.39, 0.29) is 28.7 Å². The van der Waals surface area contributed by atoms with Crippen LogP contribution < -0.4 is 21.9 Å². The molecule has 10 nitrogen and oxygen atoms in total. The van der Waals surface area contributed by atoms with Crippen LogP contribution in [-0.4, -0.2) is 32.0 Å². The molecule has 0 aliphatic heterocycles. The minimum absolute atomic E-state index is 0.0538. The molecule has 0 unspecified atom stereocenters. The molecule has 0 aliphatic rings. The summed E-state index contributed by atoms with van der Waals surface area (Å²) in [4.78, 5) is 37.0. The number of nitrogens with zero attached hydrogens (tertiary/aromatic N) is 5. The van der Waals surface area contributed by atoms with Gasteiger partial charge in [-0.1, -0.05) is 17.7 Å². The van der Waals surface area contributed by atoms with Gasteiger partial charge in [0.1, 0.15) is 35.4 Å². The first-order valence-electron chi connectivity index (χ1n) is 9.54. The van der Waals surface area contributed by atoms with Crippen LogP contribution in [0.5, 0.6) is 0 Å². The summed E-state index contributed by atoms with van der Waals surface area (Å²) in [7, 11) is 0. The van der Waals surface area contributed by atoms with Gasteiger partial charge in [-0.2, -0.15) is 5.26 Å². The second-order valence-electron chi connectivity index (χ2n) is 6.86.